The first-order valence-corrected chi connectivity index (χ1v) is 10.2. The molecule has 5 rings (SSSR count). The Morgan fingerprint density at radius 2 is 2.00 bits per heavy atom. The number of rotatable bonds is 7. The average molecular weight is 426 g/mol. The van der Waals surface area contributed by atoms with Crippen molar-refractivity contribution < 1.29 is 23.6 Å². The highest BCUT2D eigenvalue weighted by atomic mass is 35.5. The molecule has 3 saturated carbocycles. The molecule has 1 heterocycles. The first kappa shape index (κ1) is 20.4. The SMILES string of the molecule is CC(C)C1CC(C(=O)NC23CC(NC(=O)COc4ccc(Cl)c(F)c4)(C2)C3)ON1. The number of carbonyl (C=O) groups excluding carboxylic acids is 2. The molecule has 7 nitrogen and oxygen atoms in total. The van der Waals surface area contributed by atoms with Gasteiger partial charge in [0.05, 0.1) is 5.02 Å². The average Bonchev–Trinajstić information content (AvgIpc) is 3.10. The molecule has 0 radical (unpaired) electrons. The molecule has 1 aromatic rings. The third-order valence-corrected chi connectivity index (χ3v) is 6.32. The number of ether oxygens (including phenoxy) is 1. The van der Waals surface area contributed by atoms with E-state index in [-0.39, 0.29) is 46.3 Å². The Kier molecular flexibility index (Phi) is 5.21. The molecule has 1 saturated heterocycles. The summed E-state index contributed by atoms with van der Waals surface area (Å²) in [6, 6.07) is 4.21. The second-order valence-electron chi connectivity index (χ2n) is 8.80. The number of benzene rings is 1. The number of nitrogens with one attached hydrogen (secondary N) is 3. The van der Waals surface area contributed by atoms with Crippen molar-refractivity contribution >= 4 is 23.4 Å². The zero-order valence-electron chi connectivity index (χ0n) is 16.4. The minimum Gasteiger partial charge on any atom is -0.484 e. The second-order valence-corrected chi connectivity index (χ2v) is 9.21. The lowest BCUT2D eigenvalue weighted by Gasteiger charge is -2.70. The number of carbonyl (C=O) groups is 2. The lowest BCUT2D eigenvalue weighted by atomic mass is 9.44. The molecule has 2 bridgehead atoms. The molecule has 3 aliphatic carbocycles. The fourth-order valence-electron chi connectivity index (χ4n) is 4.51. The monoisotopic (exact) mass is 425 g/mol. The van der Waals surface area contributed by atoms with E-state index >= 15 is 0 Å². The zero-order valence-corrected chi connectivity index (χ0v) is 17.1. The molecule has 2 amide bonds. The minimum absolute atomic E-state index is 0.00141. The van der Waals surface area contributed by atoms with Gasteiger partial charge in [0, 0.05) is 29.6 Å². The highest BCUT2D eigenvalue weighted by Crippen LogP contribution is 2.60. The summed E-state index contributed by atoms with van der Waals surface area (Å²) < 4.78 is 18.7. The first-order valence-electron chi connectivity index (χ1n) is 9.81. The van der Waals surface area contributed by atoms with Gasteiger partial charge >= 0.3 is 0 Å². The highest BCUT2D eigenvalue weighted by molar-refractivity contribution is 6.30. The topological polar surface area (TPSA) is 88.7 Å². The molecule has 9 heteroatoms. The lowest BCUT2D eigenvalue weighted by Crippen LogP contribution is -2.84. The normalized spacial score (nSPS) is 32.3. The van der Waals surface area contributed by atoms with E-state index < -0.39 is 11.9 Å². The molecule has 0 aromatic heterocycles. The van der Waals surface area contributed by atoms with Crippen LogP contribution in [0.25, 0.3) is 0 Å². The minimum atomic E-state index is -0.595. The predicted molar refractivity (Wildman–Crippen MR) is 104 cm³/mol. The zero-order chi connectivity index (χ0) is 20.8. The van der Waals surface area contributed by atoms with Gasteiger partial charge in [-0.1, -0.05) is 25.4 Å². The second kappa shape index (κ2) is 7.41. The summed E-state index contributed by atoms with van der Waals surface area (Å²) in [6.07, 6.45) is 2.27. The van der Waals surface area contributed by atoms with Crippen molar-refractivity contribution in [3.05, 3.63) is 29.0 Å². The van der Waals surface area contributed by atoms with E-state index in [0.717, 1.165) is 6.07 Å². The summed E-state index contributed by atoms with van der Waals surface area (Å²) in [6.45, 7) is 3.96. The van der Waals surface area contributed by atoms with Gasteiger partial charge in [0.2, 0.25) is 0 Å². The Bertz CT molecular complexity index is 814. The molecule has 0 spiro atoms. The van der Waals surface area contributed by atoms with Crippen molar-refractivity contribution in [3.63, 3.8) is 0 Å². The van der Waals surface area contributed by atoms with Gasteiger partial charge in [-0.2, -0.15) is 5.48 Å². The Balaban J connectivity index is 1.19. The third-order valence-electron chi connectivity index (χ3n) is 6.01. The van der Waals surface area contributed by atoms with Gasteiger partial charge in [0.25, 0.3) is 11.8 Å². The van der Waals surface area contributed by atoms with E-state index in [4.69, 9.17) is 21.2 Å². The number of amides is 2. The van der Waals surface area contributed by atoms with Crippen LogP contribution in [-0.2, 0) is 14.4 Å². The molecule has 1 aromatic carbocycles. The van der Waals surface area contributed by atoms with Gasteiger partial charge < -0.3 is 15.4 Å². The van der Waals surface area contributed by atoms with Crippen LogP contribution in [0.1, 0.15) is 39.5 Å². The van der Waals surface area contributed by atoms with Crippen LogP contribution in [0.4, 0.5) is 4.39 Å². The lowest BCUT2D eigenvalue weighted by molar-refractivity contribution is -0.156. The maximum atomic E-state index is 13.4. The Morgan fingerprint density at radius 3 is 2.62 bits per heavy atom. The molecule has 2 atom stereocenters. The van der Waals surface area contributed by atoms with Crippen LogP contribution in [0, 0.1) is 11.7 Å². The van der Waals surface area contributed by atoms with Gasteiger partial charge in [-0.05, 0) is 37.3 Å². The number of hydrogen-bond donors (Lipinski definition) is 3. The number of hydroxylamine groups is 1. The smallest absolute Gasteiger partial charge is 0.258 e. The van der Waals surface area contributed by atoms with E-state index in [1.165, 1.54) is 12.1 Å². The van der Waals surface area contributed by atoms with Gasteiger partial charge in [-0.3, -0.25) is 14.4 Å². The van der Waals surface area contributed by atoms with Crippen molar-refractivity contribution in [2.45, 2.75) is 62.8 Å². The Labute approximate surface area is 173 Å². The van der Waals surface area contributed by atoms with Gasteiger partial charge in [-0.15, -0.1) is 0 Å². The van der Waals surface area contributed by atoms with Crippen molar-refractivity contribution in [2.24, 2.45) is 5.92 Å². The van der Waals surface area contributed by atoms with Crippen LogP contribution in [-0.4, -0.2) is 41.6 Å². The van der Waals surface area contributed by atoms with E-state index in [1.54, 1.807) is 0 Å². The van der Waals surface area contributed by atoms with Crippen LogP contribution in [0.5, 0.6) is 5.75 Å². The van der Waals surface area contributed by atoms with Crippen LogP contribution in [0.15, 0.2) is 18.2 Å². The number of halogens is 2. The quantitative estimate of drug-likeness (QED) is 0.622. The summed E-state index contributed by atoms with van der Waals surface area (Å²) >= 11 is 5.62. The Hall–Kier alpha value is -1.90. The predicted octanol–water partition coefficient (Wildman–Crippen LogP) is 2.08. The summed E-state index contributed by atoms with van der Waals surface area (Å²) in [4.78, 5) is 30.0. The molecule has 2 unspecified atom stereocenters. The van der Waals surface area contributed by atoms with Crippen molar-refractivity contribution in [1.82, 2.24) is 16.1 Å². The summed E-state index contributed by atoms with van der Waals surface area (Å²) in [5, 5.41) is 6.05. The fourth-order valence-corrected chi connectivity index (χ4v) is 4.63. The molecule has 4 aliphatic rings. The Morgan fingerprint density at radius 1 is 1.31 bits per heavy atom. The van der Waals surface area contributed by atoms with E-state index in [1.807, 2.05) is 0 Å². The molecule has 1 aliphatic heterocycles. The highest BCUT2D eigenvalue weighted by Gasteiger charge is 2.69. The third kappa shape index (κ3) is 4.06. The van der Waals surface area contributed by atoms with Crippen molar-refractivity contribution in [2.75, 3.05) is 6.61 Å². The van der Waals surface area contributed by atoms with Crippen molar-refractivity contribution in [1.29, 1.82) is 0 Å². The van der Waals surface area contributed by atoms with Gasteiger partial charge in [0.15, 0.2) is 12.7 Å². The first-order chi connectivity index (χ1) is 13.7. The molecular weight excluding hydrogens is 401 g/mol. The standard InChI is InChI=1S/C20H25ClFN3O4/c1-11(2)15-6-16(29-25-15)18(27)24-20-8-19(9-20,10-20)23-17(26)7-28-12-3-4-13(21)14(22)5-12/h3-5,11,15-16,25H,6-10H2,1-2H3,(H,23,26)(H,24,27). The molecule has 4 fully saturated rings. The molecular formula is C20H25ClFN3O4. The van der Waals surface area contributed by atoms with Crippen LogP contribution >= 0.6 is 11.6 Å². The van der Waals surface area contributed by atoms with Gasteiger partial charge in [-0.25, -0.2) is 4.39 Å². The summed E-state index contributed by atoms with van der Waals surface area (Å²) in [7, 11) is 0. The van der Waals surface area contributed by atoms with E-state index in [0.29, 0.717) is 31.6 Å². The van der Waals surface area contributed by atoms with Crippen LogP contribution in [0.2, 0.25) is 5.02 Å². The molecule has 29 heavy (non-hydrogen) atoms. The van der Waals surface area contributed by atoms with Crippen LogP contribution in [0.3, 0.4) is 0 Å². The summed E-state index contributed by atoms with van der Waals surface area (Å²) in [5.74, 6) is -0.333. The fraction of sp³-hybridized carbons (Fsp3) is 0.600. The number of hydrogen-bond acceptors (Lipinski definition) is 5. The van der Waals surface area contributed by atoms with Crippen LogP contribution < -0.4 is 20.9 Å². The molecule has 3 N–H and O–H groups in total. The molecule has 158 valence electrons. The van der Waals surface area contributed by atoms with E-state index in [2.05, 4.69) is 30.0 Å². The van der Waals surface area contributed by atoms with E-state index in [9.17, 15) is 14.0 Å². The largest absolute Gasteiger partial charge is 0.484 e. The maximum Gasteiger partial charge on any atom is 0.258 e. The maximum absolute atomic E-state index is 13.4. The summed E-state index contributed by atoms with van der Waals surface area (Å²) in [5.41, 5.74) is 2.40. The van der Waals surface area contributed by atoms with Gasteiger partial charge in [0.1, 0.15) is 11.6 Å². The van der Waals surface area contributed by atoms with Crippen molar-refractivity contribution in [3.8, 4) is 5.75 Å².